The summed E-state index contributed by atoms with van der Waals surface area (Å²) in [5.74, 6) is -0.784. The zero-order valence-electron chi connectivity index (χ0n) is 12.3. The Labute approximate surface area is 119 Å². The lowest BCUT2D eigenvalue weighted by molar-refractivity contribution is -0.148. The highest BCUT2D eigenvalue weighted by Crippen LogP contribution is 2.34. The van der Waals surface area contributed by atoms with Gasteiger partial charge in [0.1, 0.15) is 0 Å². The number of piperidine rings is 1. The van der Waals surface area contributed by atoms with Gasteiger partial charge in [-0.2, -0.15) is 0 Å². The van der Waals surface area contributed by atoms with Crippen molar-refractivity contribution >= 4 is 12.0 Å². The number of carbonyl (C=O) groups excluding carboxylic acids is 1. The number of likely N-dealkylation sites (tertiary alicyclic amines) is 2. The van der Waals surface area contributed by atoms with Crippen LogP contribution in [0.25, 0.3) is 0 Å². The summed E-state index contributed by atoms with van der Waals surface area (Å²) in [5, 5.41) is 9.37. The molecule has 20 heavy (non-hydrogen) atoms. The number of carbonyl (C=O) groups is 2. The van der Waals surface area contributed by atoms with Crippen LogP contribution in [-0.4, -0.2) is 66.3 Å². The fourth-order valence-electron chi connectivity index (χ4n) is 3.13. The summed E-state index contributed by atoms with van der Waals surface area (Å²) in [7, 11) is 1.70. The average molecular weight is 284 g/mol. The minimum absolute atomic E-state index is 0.0175. The van der Waals surface area contributed by atoms with Crippen molar-refractivity contribution in [3.63, 3.8) is 0 Å². The Morgan fingerprint density at radius 2 is 1.90 bits per heavy atom. The second kappa shape index (κ2) is 5.99. The highest BCUT2D eigenvalue weighted by Gasteiger charge is 2.45. The van der Waals surface area contributed by atoms with Crippen molar-refractivity contribution in [2.24, 2.45) is 5.41 Å². The van der Waals surface area contributed by atoms with Crippen LogP contribution >= 0.6 is 0 Å². The molecule has 2 rings (SSSR count). The summed E-state index contributed by atoms with van der Waals surface area (Å²) in [6, 6.07) is -0.0175. The Bertz CT molecular complexity index is 379. The van der Waals surface area contributed by atoms with Crippen LogP contribution in [0.4, 0.5) is 4.79 Å². The molecule has 0 aromatic heterocycles. The summed E-state index contributed by atoms with van der Waals surface area (Å²) < 4.78 is 5.30. The van der Waals surface area contributed by atoms with Crippen molar-refractivity contribution in [2.45, 2.75) is 38.7 Å². The van der Waals surface area contributed by atoms with E-state index in [1.165, 1.54) is 0 Å². The zero-order valence-corrected chi connectivity index (χ0v) is 12.3. The molecular weight excluding hydrogens is 260 g/mol. The smallest absolute Gasteiger partial charge is 0.320 e. The first kappa shape index (κ1) is 15.1. The molecule has 1 N–H and O–H groups in total. The topological polar surface area (TPSA) is 70.1 Å². The molecule has 2 saturated heterocycles. The fraction of sp³-hybridized carbons (Fsp3) is 0.857. The molecule has 114 valence electrons. The van der Waals surface area contributed by atoms with Gasteiger partial charge in [-0.3, -0.25) is 4.79 Å². The molecule has 2 fully saturated rings. The fourth-order valence-corrected chi connectivity index (χ4v) is 3.13. The Morgan fingerprint density at radius 1 is 1.25 bits per heavy atom. The summed E-state index contributed by atoms with van der Waals surface area (Å²) in [5.41, 5.74) is -0.749. The van der Waals surface area contributed by atoms with Gasteiger partial charge in [-0.05, 0) is 25.7 Å². The maximum atomic E-state index is 12.4. The highest BCUT2D eigenvalue weighted by molar-refractivity contribution is 5.79. The minimum Gasteiger partial charge on any atom is -0.481 e. The Morgan fingerprint density at radius 3 is 2.35 bits per heavy atom. The number of carboxylic acid groups (broad SMARTS) is 1. The number of hydrogen-bond acceptors (Lipinski definition) is 3. The minimum atomic E-state index is -0.784. The SMILES string of the molecule is CCC1(C(=O)O)CCN(C(=O)N2CCC(OC)CC2)C1. The molecule has 0 saturated carbocycles. The molecule has 0 radical (unpaired) electrons. The second-order valence-corrected chi connectivity index (χ2v) is 5.82. The van der Waals surface area contributed by atoms with E-state index in [4.69, 9.17) is 4.74 Å². The summed E-state index contributed by atoms with van der Waals surface area (Å²) in [4.78, 5) is 27.4. The van der Waals surface area contributed by atoms with Crippen molar-refractivity contribution in [2.75, 3.05) is 33.3 Å². The Balaban J connectivity index is 1.93. The van der Waals surface area contributed by atoms with Crippen molar-refractivity contribution in [3.8, 4) is 0 Å². The first-order valence-corrected chi connectivity index (χ1v) is 7.32. The summed E-state index contributed by atoms with van der Waals surface area (Å²) in [6.45, 7) is 4.15. The zero-order chi connectivity index (χ0) is 14.8. The monoisotopic (exact) mass is 284 g/mol. The van der Waals surface area contributed by atoms with Crippen LogP contribution in [0.5, 0.6) is 0 Å². The molecular formula is C14H24N2O4. The van der Waals surface area contributed by atoms with Crippen LogP contribution in [0.15, 0.2) is 0 Å². The Hall–Kier alpha value is -1.30. The average Bonchev–Trinajstić information content (AvgIpc) is 2.92. The first-order chi connectivity index (χ1) is 9.52. The van der Waals surface area contributed by atoms with Crippen molar-refractivity contribution in [3.05, 3.63) is 0 Å². The van der Waals surface area contributed by atoms with Gasteiger partial charge < -0.3 is 19.6 Å². The lowest BCUT2D eigenvalue weighted by Gasteiger charge is -2.34. The lowest BCUT2D eigenvalue weighted by Crippen LogP contribution is -2.48. The summed E-state index contributed by atoms with van der Waals surface area (Å²) in [6.07, 6.45) is 3.07. The normalized spacial score (nSPS) is 27.9. The number of rotatable bonds is 3. The molecule has 6 heteroatoms. The number of methoxy groups -OCH3 is 1. The van der Waals surface area contributed by atoms with Crippen LogP contribution in [0.2, 0.25) is 0 Å². The molecule has 2 amide bonds. The summed E-state index contributed by atoms with van der Waals surface area (Å²) >= 11 is 0. The van der Waals surface area contributed by atoms with Crippen molar-refractivity contribution in [1.29, 1.82) is 0 Å². The maximum absolute atomic E-state index is 12.4. The van der Waals surface area contributed by atoms with E-state index in [1.807, 2.05) is 11.8 Å². The lowest BCUT2D eigenvalue weighted by atomic mass is 9.84. The third kappa shape index (κ3) is 2.75. The molecule has 1 atom stereocenters. The number of aliphatic carboxylic acids is 1. The van der Waals surface area contributed by atoms with Crippen LogP contribution in [0.1, 0.15) is 32.6 Å². The van der Waals surface area contributed by atoms with E-state index in [2.05, 4.69) is 0 Å². The van der Waals surface area contributed by atoms with E-state index in [0.29, 0.717) is 39.0 Å². The van der Waals surface area contributed by atoms with Gasteiger partial charge in [0, 0.05) is 33.3 Å². The quantitative estimate of drug-likeness (QED) is 0.850. The van der Waals surface area contributed by atoms with E-state index in [-0.39, 0.29) is 12.1 Å². The van der Waals surface area contributed by atoms with Gasteiger partial charge >= 0.3 is 12.0 Å². The van der Waals surface area contributed by atoms with Gasteiger partial charge in [0.2, 0.25) is 0 Å². The standard InChI is InChI=1S/C14H24N2O4/c1-3-14(12(17)18)6-9-16(10-14)13(19)15-7-4-11(20-2)5-8-15/h11H,3-10H2,1-2H3,(H,17,18). The number of carboxylic acids is 1. The van der Waals surface area contributed by atoms with Crippen LogP contribution in [0.3, 0.4) is 0 Å². The largest absolute Gasteiger partial charge is 0.481 e. The van der Waals surface area contributed by atoms with Gasteiger partial charge in [-0.15, -0.1) is 0 Å². The van der Waals surface area contributed by atoms with Crippen molar-refractivity contribution < 1.29 is 19.4 Å². The van der Waals surface area contributed by atoms with Crippen LogP contribution in [-0.2, 0) is 9.53 Å². The first-order valence-electron chi connectivity index (χ1n) is 7.32. The second-order valence-electron chi connectivity index (χ2n) is 5.82. The molecule has 2 aliphatic rings. The number of amides is 2. The molecule has 0 aromatic carbocycles. The van der Waals surface area contributed by atoms with Gasteiger partial charge in [-0.1, -0.05) is 6.92 Å². The van der Waals surface area contributed by atoms with Gasteiger partial charge in [0.25, 0.3) is 0 Å². The van der Waals surface area contributed by atoms with E-state index < -0.39 is 11.4 Å². The molecule has 2 aliphatic heterocycles. The molecule has 6 nitrogen and oxygen atoms in total. The Kier molecular flexibility index (Phi) is 4.52. The highest BCUT2D eigenvalue weighted by atomic mass is 16.5. The maximum Gasteiger partial charge on any atom is 0.320 e. The predicted molar refractivity (Wildman–Crippen MR) is 73.5 cm³/mol. The molecule has 0 aromatic rings. The van der Waals surface area contributed by atoms with Gasteiger partial charge in [-0.25, -0.2) is 4.79 Å². The van der Waals surface area contributed by atoms with E-state index >= 15 is 0 Å². The van der Waals surface area contributed by atoms with Gasteiger partial charge in [0.15, 0.2) is 0 Å². The van der Waals surface area contributed by atoms with Crippen molar-refractivity contribution in [1.82, 2.24) is 9.80 Å². The number of urea groups is 1. The van der Waals surface area contributed by atoms with E-state index in [9.17, 15) is 14.7 Å². The number of nitrogens with zero attached hydrogens (tertiary/aromatic N) is 2. The third-order valence-corrected chi connectivity index (χ3v) is 4.80. The molecule has 0 bridgehead atoms. The number of hydrogen-bond donors (Lipinski definition) is 1. The molecule has 1 unspecified atom stereocenters. The molecule has 0 spiro atoms. The van der Waals surface area contributed by atoms with Crippen LogP contribution < -0.4 is 0 Å². The molecule has 2 heterocycles. The van der Waals surface area contributed by atoms with E-state index in [1.54, 1.807) is 12.0 Å². The van der Waals surface area contributed by atoms with Crippen LogP contribution in [0, 0.1) is 5.41 Å². The predicted octanol–water partition coefficient (Wildman–Crippen LogP) is 1.40. The third-order valence-electron chi connectivity index (χ3n) is 4.80. The number of ether oxygens (including phenoxy) is 1. The molecule has 0 aliphatic carbocycles. The van der Waals surface area contributed by atoms with Gasteiger partial charge in [0.05, 0.1) is 11.5 Å². The van der Waals surface area contributed by atoms with E-state index in [0.717, 1.165) is 12.8 Å².